The molecule has 1 aliphatic rings. The Morgan fingerprint density at radius 1 is 0.870 bits per heavy atom. The first-order valence-electron chi connectivity index (χ1n) is 7.89. The van der Waals surface area contributed by atoms with Crippen LogP contribution in [0.4, 0.5) is 5.69 Å². The van der Waals surface area contributed by atoms with Gasteiger partial charge in [-0.2, -0.15) is 0 Å². The number of hydrogen-bond acceptors (Lipinski definition) is 3. The molecular weight excluding hydrogens is 288 g/mol. The van der Waals surface area contributed by atoms with Gasteiger partial charge in [-0.05, 0) is 37.1 Å². The van der Waals surface area contributed by atoms with Crippen LogP contribution >= 0.6 is 0 Å². The molecule has 1 heterocycles. The minimum atomic E-state index is 0.00729. The fourth-order valence-corrected chi connectivity index (χ4v) is 2.99. The van der Waals surface area contributed by atoms with E-state index in [4.69, 9.17) is 5.73 Å². The highest BCUT2D eigenvalue weighted by atomic mass is 16.2. The van der Waals surface area contributed by atoms with Crippen LogP contribution in [0.5, 0.6) is 0 Å². The van der Waals surface area contributed by atoms with Gasteiger partial charge in [-0.1, -0.05) is 30.3 Å². The van der Waals surface area contributed by atoms with E-state index >= 15 is 0 Å². The molecule has 1 fully saturated rings. The second-order valence-corrected chi connectivity index (χ2v) is 5.92. The van der Waals surface area contributed by atoms with Crippen molar-refractivity contribution in [3.8, 4) is 0 Å². The van der Waals surface area contributed by atoms with Gasteiger partial charge >= 0.3 is 0 Å². The lowest BCUT2D eigenvalue weighted by molar-refractivity contribution is 0.0650. The Balaban J connectivity index is 1.61. The number of carbonyl (C=O) groups is 2. The lowest BCUT2D eigenvalue weighted by Gasteiger charge is -2.31. The number of likely N-dealkylation sites (tertiary alicyclic amines) is 1. The predicted molar refractivity (Wildman–Crippen MR) is 90.3 cm³/mol. The quantitative estimate of drug-likeness (QED) is 0.700. The Morgan fingerprint density at radius 2 is 1.48 bits per heavy atom. The first-order chi connectivity index (χ1) is 11.1. The summed E-state index contributed by atoms with van der Waals surface area (Å²) in [4.78, 5) is 26.7. The molecule has 0 bridgehead atoms. The van der Waals surface area contributed by atoms with Crippen LogP contribution in [0.25, 0.3) is 0 Å². The standard InChI is InChI=1S/C19H20N2O2/c20-17-8-6-16(7-9-17)19(23)21-12-10-15(11-13-21)18(22)14-4-2-1-3-5-14/h1-9,15H,10-13,20H2. The molecule has 118 valence electrons. The van der Waals surface area contributed by atoms with Gasteiger partial charge in [0.15, 0.2) is 5.78 Å². The summed E-state index contributed by atoms with van der Waals surface area (Å²) in [5.74, 6) is 0.202. The number of ketones is 1. The van der Waals surface area contributed by atoms with Gasteiger partial charge in [0, 0.05) is 35.8 Å². The number of benzene rings is 2. The molecule has 0 atom stereocenters. The van der Waals surface area contributed by atoms with Crippen molar-refractivity contribution < 1.29 is 9.59 Å². The maximum Gasteiger partial charge on any atom is 0.253 e. The number of rotatable bonds is 3. The van der Waals surface area contributed by atoms with Crippen LogP contribution in [0.3, 0.4) is 0 Å². The van der Waals surface area contributed by atoms with Crippen LogP contribution in [-0.4, -0.2) is 29.7 Å². The Kier molecular flexibility index (Phi) is 4.42. The molecule has 3 rings (SSSR count). The molecule has 1 amide bonds. The van der Waals surface area contributed by atoms with E-state index in [2.05, 4.69) is 0 Å². The van der Waals surface area contributed by atoms with Gasteiger partial charge in [-0.25, -0.2) is 0 Å². The maximum atomic E-state index is 12.5. The zero-order valence-corrected chi connectivity index (χ0v) is 12.9. The van der Waals surface area contributed by atoms with Crippen LogP contribution in [0.15, 0.2) is 54.6 Å². The third-order valence-electron chi connectivity index (χ3n) is 4.37. The molecule has 0 aromatic heterocycles. The number of piperidine rings is 1. The molecule has 0 spiro atoms. The van der Waals surface area contributed by atoms with Gasteiger partial charge < -0.3 is 10.6 Å². The van der Waals surface area contributed by atoms with Crippen molar-refractivity contribution in [3.05, 3.63) is 65.7 Å². The largest absolute Gasteiger partial charge is 0.399 e. The van der Waals surface area contributed by atoms with Gasteiger partial charge in [-0.15, -0.1) is 0 Å². The minimum Gasteiger partial charge on any atom is -0.399 e. The van der Waals surface area contributed by atoms with Crippen molar-refractivity contribution in [2.75, 3.05) is 18.8 Å². The van der Waals surface area contributed by atoms with Crippen LogP contribution < -0.4 is 5.73 Å². The van der Waals surface area contributed by atoms with Crippen molar-refractivity contribution in [3.63, 3.8) is 0 Å². The van der Waals surface area contributed by atoms with E-state index in [0.717, 1.165) is 5.56 Å². The molecule has 1 saturated heterocycles. The molecule has 0 saturated carbocycles. The van der Waals surface area contributed by atoms with E-state index in [1.165, 1.54) is 0 Å². The molecule has 23 heavy (non-hydrogen) atoms. The lowest BCUT2D eigenvalue weighted by Crippen LogP contribution is -2.40. The Bertz CT molecular complexity index is 687. The van der Waals surface area contributed by atoms with E-state index in [-0.39, 0.29) is 17.6 Å². The van der Waals surface area contributed by atoms with E-state index < -0.39 is 0 Å². The number of amides is 1. The SMILES string of the molecule is Nc1ccc(C(=O)N2CCC(C(=O)c3ccccc3)CC2)cc1. The van der Waals surface area contributed by atoms with Gasteiger partial charge in [0.2, 0.25) is 0 Å². The average Bonchev–Trinajstić information content (AvgIpc) is 2.62. The van der Waals surface area contributed by atoms with Crippen LogP contribution in [0.2, 0.25) is 0 Å². The van der Waals surface area contributed by atoms with Crippen molar-refractivity contribution in [1.82, 2.24) is 4.90 Å². The molecular formula is C19H20N2O2. The van der Waals surface area contributed by atoms with Crippen LogP contribution in [-0.2, 0) is 0 Å². The van der Waals surface area contributed by atoms with Crippen LogP contribution in [0, 0.1) is 5.92 Å². The summed E-state index contributed by atoms with van der Waals surface area (Å²) in [7, 11) is 0. The van der Waals surface area contributed by atoms with Crippen molar-refractivity contribution >= 4 is 17.4 Å². The van der Waals surface area contributed by atoms with E-state index in [0.29, 0.717) is 37.2 Å². The normalized spacial score (nSPS) is 15.4. The fraction of sp³-hybridized carbons (Fsp3) is 0.263. The highest BCUT2D eigenvalue weighted by Gasteiger charge is 2.28. The Labute approximate surface area is 135 Å². The first-order valence-corrected chi connectivity index (χ1v) is 7.89. The zero-order valence-electron chi connectivity index (χ0n) is 12.9. The molecule has 0 unspecified atom stereocenters. The second kappa shape index (κ2) is 6.65. The van der Waals surface area contributed by atoms with Crippen molar-refractivity contribution in [2.45, 2.75) is 12.8 Å². The lowest BCUT2D eigenvalue weighted by atomic mass is 9.88. The fourth-order valence-electron chi connectivity index (χ4n) is 2.99. The summed E-state index contributed by atoms with van der Waals surface area (Å²) < 4.78 is 0. The maximum absolute atomic E-state index is 12.5. The molecule has 2 aromatic rings. The third kappa shape index (κ3) is 3.42. The smallest absolute Gasteiger partial charge is 0.253 e. The summed E-state index contributed by atoms with van der Waals surface area (Å²) in [5, 5.41) is 0. The van der Waals surface area contributed by atoms with Gasteiger partial charge in [0.25, 0.3) is 5.91 Å². The summed E-state index contributed by atoms with van der Waals surface area (Å²) in [5.41, 5.74) is 7.70. The van der Waals surface area contributed by atoms with E-state index in [1.54, 1.807) is 24.3 Å². The molecule has 0 radical (unpaired) electrons. The van der Waals surface area contributed by atoms with Gasteiger partial charge in [-0.3, -0.25) is 9.59 Å². The summed E-state index contributed by atoms with van der Waals surface area (Å²) in [6.45, 7) is 1.24. The molecule has 0 aliphatic carbocycles. The number of hydrogen-bond donors (Lipinski definition) is 1. The number of nitrogens with zero attached hydrogens (tertiary/aromatic N) is 1. The Hall–Kier alpha value is -2.62. The van der Waals surface area contributed by atoms with Crippen molar-refractivity contribution in [2.24, 2.45) is 5.92 Å². The first kappa shape index (κ1) is 15.3. The third-order valence-corrected chi connectivity index (χ3v) is 4.37. The summed E-state index contributed by atoms with van der Waals surface area (Å²) in [6, 6.07) is 16.3. The average molecular weight is 308 g/mol. The number of nitrogens with two attached hydrogens (primary N) is 1. The Morgan fingerprint density at radius 3 is 2.09 bits per heavy atom. The molecule has 1 aliphatic heterocycles. The molecule has 2 N–H and O–H groups in total. The summed E-state index contributed by atoms with van der Waals surface area (Å²) >= 11 is 0. The van der Waals surface area contributed by atoms with E-state index in [1.807, 2.05) is 35.2 Å². The van der Waals surface area contributed by atoms with Crippen molar-refractivity contribution in [1.29, 1.82) is 0 Å². The number of Topliss-reactive ketones (excluding diaryl/α,β-unsaturated/α-hetero) is 1. The van der Waals surface area contributed by atoms with Crippen LogP contribution in [0.1, 0.15) is 33.6 Å². The van der Waals surface area contributed by atoms with E-state index in [9.17, 15) is 9.59 Å². The monoisotopic (exact) mass is 308 g/mol. The topological polar surface area (TPSA) is 63.4 Å². The second-order valence-electron chi connectivity index (χ2n) is 5.92. The number of carbonyl (C=O) groups excluding carboxylic acids is 2. The van der Waals surface area contributed by atoms with Gasteiger partial charge in [0.1, 0.15) is 0 Å². The molecule has 4 heteroatoms. The number of anilines is 1. The minimum absolute atomic E-state index is 0.00729. The van der Waals surface area contributed by atoms with Gasteiger partial charge in [0.05, 0.1) is 0 Å². The zero-order chi connectivity index (χ0) is 16.2. The molecule has 2 aromatic carbocycles. The highest BCUT2D eigenvalue weighted by Crippen LogP contribution is 2.23. The molecule has 4 nitrogen and oxygen atoms in total. The number of nitrogen functional groups attached to an aromatic ring is 1. The highest BCUT2D eigenvalue weighted by molar-refractivity contribution is 5.98. The summed E-state index contributed by atoms with van der Waals surface area (Å²) in [6.07, 6.45) is 1.43. The predicted octanol–water partition coefficient (Wildman–Crippen LogP) is 3.00.